The number of hydrogen-bond donors (Lipinski definition) is 1. The molecule has 0 spiro atoms. The van der Waals surface area contributed by atoms with Crippen LogP contribution < -0.4 is 10.2 Å². The van der Waals surface area contributed by atoms with E-state index in [1.54, 1.807) is 6.07 Å². The van der Waals surface area contributed by atoms with E-state index in [0.29, 0.717) is 26.9 Å². The van der Waals surface area contributed by atoms with Crippen LogP contribution in [0.3, 0.4) is 0 Å². The van der Waals surface area contributed by atoms with E-state index in [-0.39, 0.29) is 11.7 Å². The predicted molar refractivity (Wildman–Crippen MR) is 114 cm³/mol. The summed E-state index contributed by atoms with van der Waals surface area (Å²) < 4.78 is 2.50. The van der Waals surface area contributed by atoms with Gasteiger partial charge in [-0.3, -0.25) is 4.89 Å². The minimum absolute atomic E-state index is 0.0451. The quantitative estimate of drug-likeness (QED) is 0.470. The Balaban J connectivity index is 1.98. The van der Waals surface area contributed by atoms with Gasteiger partial charge in [-0.2, -0.15) is 0 Å². The Morgan fingerprint density at radius 1 is 1.17 bits per heavy atom. The lowest BCUT2D eigenvalue weighted by Crippen LogP contribution is -2.20. The predicted octanol–water partition coefficient (Wildman–Crippen LogP) is 5.85. The second-order valence-electron chi connectivity index (χ2n) is 7.16. The van der Waals surface area contributed by atoms with Gasteiger partial charge in [0.25, 0.3) is 0 Å². The van der Waals surface area contributed by atoms with Gasteiger partial charge in [-0.05, 0) is 72.1 Å². The number of anilines is 1. The number of benzene rings is 2. The van der Waals surface area contributed by atoms with Gasteiger partial charge >= 0.3 is 5.97 Å². The van der Waals surface area contributed by atoms with Crippen molar-refractivity contribution in [2.24, 2.45) is 0 Å². The maximum Gasteiger partial charge on any atom is 0.406 e. The molecule has 1 aliphatic heterocycles. The zero-order valence-electron chi connectivity index (χ0n) is 16.1. The van der Waals surface area contributed by atoms with Crippen LogP contribution in [0.1, 0.15) is 53.2 Å². The lowest BCUT2D eigenvalue weighted by Gasteiger charge is -2.24. The molecule has 0 saturated carbocycles. The van der Waals surface area contributed by atoms with Crippen molar-refractivity contribution in [3.8, 4) is 5.75 Å². The number of fused-ring (bicyclic) bond motifs is 2. The van der Waals surface area contributed by atoms with Gasteiger partial charge in [0.05, 0.1) is 17.4 Å². The molecule has 2 heterocycles. The van der Waals surface area contributed by atoms with E-state index in [0.717, 1.165) is 11.1 Å². The largest absolute Gasteiger partial charge is 0.406 e. The molecule has 3 aromatic rings. The van der Waals surface area contributed by atoms with Gasteiger partial charge in [0.2, 0.25) is 5.75 Å². The Morgan fingerprint density at radius 3 is 2.59 bits per heavy atom. The topological polar surface area (TPSA) is 65.4 Å². The molecule has 2 aromatic carbocycles. The van der Waals surface area contributed by atoms with Crippen molar-refractivity contribution < 1.29 is 14.6 Å². The molecule has 0 bridgehead atoms. The van der Waals surface area contributed by atoms with Crippen molar-refractivity contribution in [2.45, 2.75) is 32.9 Å². The molecule has 0 aliphatic carbocycles. The second-order valence-corrected chi connectivity index (χ2v) is 8.31. The van der Waals surface area contributed by atoms with Crippen LogP contribution in [0.4, 0.5) is 5.69 Å². The number of aryl methyl sites for hydroxylation is 1. The SMILES string of the molecule is Cc1ccc2c(c1)NC(c1ccc(Cl)cc1)c1c(nc(Br)n1C(C)C)C(=O)OO2. The van der Waals surface area contributed by atoms with Gasteiger partial charge in [0.1, 0.15) is 0 Å². The third-order valence-corrected chi connectivity index (χ3v) is 5.54. The fourth-order valence-corrected chi connectivity index (χ4v) is 4.31. The molecule has 150 valence electrons. The van der Waals surface area contributed by atoms with Crippen LogP contribution >= 0.6 is 27.5 Å². The fourth-order valence-electron chi connectivity index (χ4n) is 3.41. The first-order valence-corrected chi connectivity index (χ1v) is 10.3. The van der Waals surface area contributed by atoms with Gasteiger partial charge < -0.3 is 9.88 Å². The van der Waals surface area contributed by atoms with Gasteiger partial charge in [-0.15, -0.1) is 0 Å². The molecule has 1 unspecified atom stereocenters. The van der Waals surface area contributed by atoms with Crippen molar-refractivity contribution in [3.63, 3.8) is 0 Å². The van der Waals surface area contributed by atoms with Crippen LogP contribution in [0.25, 0.3) is 0 Å². The second kappa shape index (κ2) is 7.72. The van der Waals surface area contributed by atoms with Gasteiger partial charge in [0, 0.05) is 11.1 Å². The van der Waals surface area contributed by atoms with Crippen LogP contribution in [0.15, 0.2) is 47.2 Å². The van der Waals surface area contributed by atoms with E-state index >= 15 is 0 Å². The molecular formula is C21H19BrClN3O3. The van der Waals surface area contributed by atoms with Crippen LogP contribution in [0.5, 0.6) is 5.75 Å². The molecule has 8 heteroatoms. The first-order valence-electron chi connectivity index (χ1n) is 9.14. The summed E-state index contributed by atoms with van der Waals surface area (Å²) >= 11 is 9.59. The fraction of sp³-hybridized carbons (Fsp3) is 0.238. The number of carbonyl (C=O) groups excluding carboxylic acids is 1. The Kier molecular flexibility index (Phi) is 5.27. The first kappa shape index (κ1) is 19.8. The number of imidazole rings is 1. The van der Waals surface area contributed by atoms with Crippen molar-refractivity contribution in [2.75, 3.05) is 5.32 Å². The van der Waals surface area contributed by atoms with E-state index in [9.17, 15) is 4.79 Å². The summed E-state index contributed by atoms with van der Waals surface area (Å²) in [5.74, 6) is -0.238. The van der Waals surface area contributed by atoms with Gasteiger partial charge in [-0.25, -0.2) is 14.7 Å². The average molecular weight is 477 g/mol. The molecule has 6 nitrogen and oxygen atoms in total. The van der Waals surface area contributed by atoms with Crippen LogP contribution in [-0.4, -0.2) is 15.5 Å². The molecule has 0 amide bonds. The summed E-state index contributed by atoms with van der Waals surface area (Å²) in [6, 6.07) is 12.7. The van der Waals surface area contributed by atoms with Gasteiger partial charge in [0.15, 0.2) is 10.4 Å². The highest BCUT2D eigenvalue weighted by Gasteiger charge is 2.33. The maximum atomic E-state index is 12.8. The Hall–Kier alpha value is -2.51. The number of aromatic nitrogens is 2. The molecule has 29 heavy (non-hydrogen) atoms. The first-order chi connectivity index (χ1) is 13.8. The van der Waals surface area contributed by atoms with Crippen molar-refractivity contribution in [1.29, 1.82) is 0 Å². The van der Waals surface area contributed by atoms with E-state index < -0.39 is 12.0 Å². The third kappa shape index (κ3) is 3.72. The molecule has 1 aromatic heterocycles. The zero-order chi connectivity index (χ0) is 20.7. The summed E-state index contributed by atoms with van der Waals surface area (Å²) in [6.45, 7) is 6.04. The smallest absolute Gasteiger partial charge is 0.370 e. The van der Waals surface area contributed by atoms with Crippen molar-refractivity contribution >= 4 is 39.2 Å². The maximum absolute atomic E-state index is 12.8. The number of carbonyl (C=O) groups is 1. The summed E-state index contributed by atoms with van der Waals surface area (Å²) in [7, 11) is 0. The minimum atomic E-state index is -0.658. The Bertz CT molecular complexity index is 1080. The zero-order valence-corrected chi connectivity index (χ0v) is 18.4. The average Bonchev–Trinajstić information content (AvgIpc) is 3.04. The van der Waals surface area contributed by atoms with E-state index in [4.69, 9.17) is 21.4 Å². The van der Waals surface area contributed by atoms with E-state index in [2.05, 4.69) is 26.2 Å². The van der Waals surface area contributed by atoms with E-state index in [1.807, 2.05) is 61.7 Å². The number of hydrogen-bond acceptors (Lipinski definition) is 5. The highest BCUT2D eigenvalue weighted by atomic mass is 79.9. The number of nitrogens with zero attached hydrogens (tertiary/aromatic N) is 2. The van der Waals surface area contributed by atoms with Crippen LogP contribution in [0.2, 0.25) is 5.02 Å². The summed E-state index contributed by atoms with van der Waals surface area (Å²) in [5, 5.41) is 4.15. The molecule has 1 aliphatic rings. The van der Waals surface area contributed by atoms with Gasteiger partial charge in [-0.1, -0.05) is 29.8 Å². The van der Waals surface area contributed by atoms with Crippen molar-refractivity contribution in [3.05, 3.63) is 74.7 Å². The minimum Gasteiger partial charge on any atom is -0.370 e. The third-order valence-electron chi connectivity index (χ3n) is 4.73. The molecule has 1 atom stereocenters. The number of halogens is 2. The standard InChI is InChI=1S/C21H19BrClN3O3/c1-11(2)26-19-17(13-5-7-14(23)8-6-13)24-15-10-12(3)4-9-16(15)28-29-20(27)18(19)25-21(26)22/h4-11,17,24H,1-3H3. The summed E-state index contributed by atoms with van der Waals surface area (Å²) in [5.41, 5.74) is 3.53. The normalized spacial score (nSPS) is 15.9. The molecule has 0 fully saturated rings. The van der Waals surface area contributed by atoms with E-state index in [1.165, 1.54) is 0 Å². The molecule has 4 rings (SSSR count). The Morgan fingerprint density at radius 2 is 1.90 bits per heavy atom. The molecule has 0 radical (unpaired) electrons. The molecular weight excluding hydrogens is 458 g/mol. The number of rotatable bonds is 2. The lowest BCUT2D eigenvalue weighted by atomic mass is 10.0. The van der Waals surface area contributed by atoms with Crippen LogP contribution in [0, 0.1) is 6.92 Å². The summed E-state index contributed by atoms with van der Waals surface area (Å²) in [6.07, 6.45) is 0. The lowest BCUT2D eigenvalue weighted by molar-refractivity contribution is -0.149. The highest BCUT2D eigenvalue weighted by molar-refractivity contribution is 9.10. The summed E-state index contributed by atoms with van der Waals surface area (Å²) in [4.78, 5) is 27.7. The highest BCUT2D eigenvalue weighted by Crippen LogP contribution is 2.38. The monoisotopic (exact) mass is 475 g/mol. The molecule has 1 N–H and O–H groups in total. The number of nitrogens with one attached hydrogen (secondary N) is 1. The van der Waals surface area contributed by atoms with Crippen molar-refractivity contribution in [1.82, 2.24) is 9.55 Å². The molecule has 0 saturated heterocycles. The Labute approximate surface area is 181 Å². The van der Waals surface area contributed by atoms with Crippen LogP contribution in [-0.2, 0) is 4.89 Å².